The van der Waals surface area contributed by atoms with Gasteiger partial charge in [-0.05, 0) is 96.3 Å². The van der Waals surface area contributed by atoms with Gasteiger partial charge in [0.05, 0.1) is 27.7 Å². The van der Waals surface area contributed by atoms with Crippen LogP contribution in [0.5, 0.6) is 0 Å². The van der Waals surface area contributed by atoms with Crippen molar-refractivity contribution in [1.82, 2.24) is 0 Å². The van der Waals surface area contributed by atoms with Crippen molar-refractivity contribution in [2.75, 3.05) is 47.5 Å². The Morgan fingerprint density at radius 2 is 0.695 bits per heavy atom. The standard InChI is InChI=1S/C72H128NO8P/c1-6-8-10-12-14-16-18-20-22-24-26-28-30-32-33-34-35-36-37-38-39-41-42-44-46-48-50-52-54-56-58-60-62-64-71(74)78-68-70(69-80-82(76,77)79-67-66-73(3,4)5)81-72(75)65-63-61-59-57-55-53-51-49-47-45-43-40-31-29-27-25-23-21-19-17-15-13-11-9-7-2/h9,11,15,17-18,20-21,23-24,26-27,29-30,32,40,43,70H,6-8,10,12-14,16,19,22,25,28,31,33-39,41-42,44-69H2,1-5H3/b11-9-,17-15-,20-18-,23-21-,26-24-,29-27-,32-30-,43-40-. The molecule has 0 aromatic carbocycles. The highest BCUT2D eigenvalue weighted by Crippen LogP contribution is 2.38. The number of rotatable bonds is 62. The van der Waals surface area contributed by atoms with Crippen molar-refractivity contribution in [2.45, 2.75) is 302 Å². The number of nitrogens with zero attached hydrogens (tertiary/aromatic N) is 1. The molecule has 0 spiro atoms. The number of carbonyl (C=O) groups is 2. The molecule has 0 saturated heterocycles. The van der Waals surface area contributed by atoms with Gasteiger partial charge in [-0.3, -0.25) is 14.2 Å². The number of unbranched alkanes of at least 4 members (excludes halogenated alkanes) is 32. The fourth-order valence-electron chi connectivity index (χ4n) is 9.40. The lowest BCUT2D eigenvalue weighted by Crippen LogP contribution is -2.37. The second-order valence-electron chi connectivity index (χ2n) is 23.8. The molecule has 0 bridgehead atoms. The number of esters is 2. The van der Waals surface area contributed by atoms with Crippen molar-refractivity contribution in [3.63, 3.8) is 0 Å². The lowest BCUT2D eigenvalue weighted by atomic mass is 10.0. The Labute approximate surface area is 506 Å². The van der Waals surface area contributed by atoms with Gasteiger partial charge in [-0.2, -0.15) is 0 Å². The SMILES string of the molecule is CC/C=C\C/C=C\C/C=C\C/C=C\C/C=C\CCCCCCCCCCCC(=O)OC(COC(=O)CCCCCCCCCCCCCCCCCCCC/C=C\C/C=C\C/C=C\CCCCCCC)COP(=O)([O-])OCC[N+](C)(C)C. The summed E-state index contributed by atoms with van der Waals surface area (Å²) in [5.41, 5.74) is 0. The highest BCUT2D eigenvalue weighted by atomic mass is 31.2. The second-order valence-corrected chi connectivity index (χ2v) is 25.2. The monoisotopic (exact) mass is 1170 g/mol. The fourth-order valence-corrected chi connectivity index (χ4v) is 10.1. The van der Waals surface area contributed by atoms with Gasteiger partial charge in [0.15, 0.2) is 6.10 Å². The number of hydrogen-bond donors (Lipinski definition) is 0. The smallest absolute Gasteiger partial charge is 0.306 e. The summed E-state index contributed by atoms with van der Waals surface area (Å²) in [7, 11) is 1.16. The molecule has 0 saturated carbocycles. The van der Waals surface area contributed by atoms with E-state index in [1.165, 1.54) is 173 Å². The number of carbonyl (C=O) groups excluding carboxylic acids is 2. The van der Waals surface area contributed by atoms with E-state index in [2.05, 4.69) is 111 Å². The Balaban J connectivity index is 4.06. The van der Waals surface area contributed by atoms with Crippen LogP contribution in [0.4, 0.5) is 0 Å². The third kappa shape index (κ3) is 66.1. The summed E-state index contributed by atoms with van der Waals surface area (Å²) in [5.74, 6) is -0.835. The van der Waals surface area contributed by atoms with Crippen molar-refractivity contribution < 1.29 is 42.1 Å². The summed E-state index contributed by atoms with van der Waals surface area (Å²) in [6.07, 6.45) is 86.2. The Kier molecular flexibility index (Phi) is 60.1. The maximum Gasteiger partial charge on any atom is 0.306 e. The van der Waals surface area contributed by atoms with E-state index < -0.39 is 26.5 Å². The van der Waals surface area contributed by atoms with Gasteiger partial charge in [-0.25, -0.2) is 0 Å². The third-order valence-electron chi connectivity index (χ3n) is 14.6. The predicted octanol–water partition coefficient (Wildman–Crippen LogP) is 21.3. The van der Waals surface area contributed by atoms with Gasteiger partial charge in [0.2, 0.25) is 0 Å². The van der Waals surface area contributed by atoms with Crippen LogP contribution in [0, 0.1) is 0 Å². The van der Waals surface area contributed by atoms with E-state index in [-0.39, 0.29) is 32.0 Å². The number of hydrogen-bond acceptors (Lipinski definition) is 8. The molecule has 0 rings (SSSR count). The normalized spacial score (nSPS) is 13.8. The predicted molar refractivity (Wildman–Crippen MR) is 351 cm³/mol. The number of allylic oxidation sites excluding steroid dienone is 16. The lowest BCUT2D eigenvalue weighted by Gasteiger charge is -2.28. The van der Waals surface area contributed by atoms with Gasteiger partial charge < -0.3 is 27.9 Å². The van der Waals surface area contributed by atoms with Gasteiger partial charge in [0.25, 0.3) is 7.82 Å². The van der Waals surface area contributed by atoms with Crippen LogP contribution in [0.3, 0.4) is 0 Å². The molecule has 0 N–H and O–H groups in total. The van der Waals surface area contributed by atoms with E-state index in [1.807, 2.05) is 21.1 Å². The molecule has 0 heterocycles. The van der Waals surface area contributed by atoms with E-state index in [1.54, 1.807) is 0 Å². The molecule has 0 aromatic heterocycles. The highest BCUT2D eigenvalue weighted by Gasteiger charge is 2.22. The lowest BCUT2D eigenvalue weighted by molar-refractivity contribution is -0.870. The van der Waals surface area contributed by atoms with Crippen LogP contribution in [-0.2, 0) is 32.7 Å². The minimum absolute atomic E-state index is 0.0352. The Morgan fingerprint density at radius 3 is 1.04 bits per heavy atom. The molecular weight excluding hydrogens is 1040 g/mol. The molecule has 2 atom stereocenters. The number of phosphoric ester groups is 1. The van der Waals surface area contributed by atoms with Crippen LogP contribution < -0.4 is 4.89 Å². The summed E-state index contributed by atoms with van der Waals surface area (Å²) >= 11 is 0. The maximum atomic E-state index is 12.8. The minimum Gasteiger partial charge on any atom is -0.756 e. The number of quaternary nitrogens is 1. The van der Waals surface area contributed by atoms with Crippen molar-refractivity contribution in [3.05, 3.63) is 97.2 Å². The van der Waals surface area contributed by atoms with E-state index in [4.69, 9.17) is 18.5 Å². The summed E-state index contributed by atoms with van der Waals surface area (Å²) in [6, 6.07) is 0. The van der Waals surface area contributed by atoms with Gasteiger partial charge in [0.1, 0.15) is 19.8 Å². The van der Waals surface area contributed by atoms with E-state index in [0.29, 0.717) is 17.4 Å². The molecule has 82 heavy (non-hydrogen) atoms. The molecule has 0 radical (unpaired) electrons. The zero-order valence-corrected chi connectivity index (χ0v) is 54.8. The van der Waals surface area contributed by atoms with Crippen LogP contribution in [0.2, 0.25) is 0 Å². The van der Waals surface area contributed by atoms with Crippen molar-refractivity contribution >= 4 is 19.8 Å². The molecule has 0 aromatic rings. The first-order valence-electron chi connectivity index (χ1n) is 33.9. The van der Waals surface area contributed by atoms with Gasteiger partial charge in [0, 0.05) is 12.8 Å². The number of likely N-dealkylation sites (N-methyl/N-ethyl adjacent to an activating group) is 1. The first-order chi connectivity index (χ1) is 40.0. The first-order valence-corrected chi connectivity index (χ1v) is 35.4. The van der Waals surface area contributed by atoms with Crippen molar-refractivity contribution in [3.8, 4) is 0 Å². The molecule has 474 valence electrons. The van der Waals surface area contributed by atoms with Crippen LogP contribution in [-0.4, -0.2) is 70.0 Å². The molecular formula is C72H128NO8P. The van der Waals surface area contributed by atoms with Crippen LogP contribution in [0.15, 0.2) is 97.2 Å². The van der Waals surface area contributed by atoms with Gasteiger partial charge >= 0.3 is 11.9 Å². The summed E-state index contributed by atoms with van der Waals surface area (Å²) in [6.45, 7) is 4.13. The quantitative estimate of drug-likeness (QED) is 0.0195. The Bertz CT molecular complexity index is 1710. The zero-order valence-electron chi connectivity index (χ0n) is 53.9. The van der Waals surface area contributed by atoms with Crippen molar-refractivity contribution in [1.29, 1.82) is 0 Å². The molecule has 0 amide bonds. The third-order valence-corrected chi connectivity index (χ3v) is 15.6. The summed E-state index contributed by atoms with van der Waals surface area (Å²) in [5, 5.41) is 0. The average molecular weight is 1170 g/mol. The Morgan fingerprint density at radius 1 is 0.390 bits per heavy atom. The van der Waals surface area contributed by atoms with Crippen LogP contribution in [0.25, 0.3) is 0 Å². The van der Waals surface area contributed by atoms with Crippen LogP contribution in [0.1, 0.15) is 296 Å². The number of ether oxygens (including phenoxy) is 2. The zero-order chi connectivity index (χ0) is 59.8. The number of phosphoric acid groups is 1. The molecule has 2 unspecified atom stereocenters. The molecule has 10 heteroatoms. The average Bonchev–Trinajstić information content (AvgIpc) is 3.46. The first kappa shape index (κ1) is 78.9. The van der Waals surface area contributed by atoms with Crippen molar-refractivity contribution in [2.24, 2.45) is 0 Å². The van der Waals surface area contributed by atoms with Crippen LogP contribution >= 0.6 is 7.82 Å². The highest BCUT2D eigenvalue weighted by molar-refractivity contribution is 7.45. The Hall–Kier alpha value is -3.07. The minimum atomic E-state index is -4.65. The van der Waals surface area contributed by atoms with E-state index >= 15 is 0 Å². The van der Waals surface area contributed by atoms with Gasteiger partial charge in [-0.1, -0.05) is 284 Å². The molecule has 0 aliphatic heterocycles. The molecule has 9 nitrogen and oxygen atoms in total. The van der Waals surface area contributed by atoms with E-state index in [0.717, 1.165) is 89.9 Å². The summed E-state index contributed by atoms with van der Waals surface area (Å²) < 4.78 is 34.3. The summed E-state index contributed by atoms with van der Waals surface area (Å²) in [4.78, 5) is 38.0. The molecule has 0 aliphatic rings. The maximum absolute atomic E-state index is 12.8. The second kappa shape index (κ2) is 62.5. The largest absolute Gasteiger partial charge is 0.756 e. The topological polar surface area (TPSA) is 111 Å². The molecule has 0 fully saturated rings. The van der Waals surface area contributed by atoms with E-state index in [9.17, 15) is 19.0 Å². The van der Waals surface area contributed by atoms with Gasteiger partial charge in [-0.15, -0.1) is 0 Å². The molecule has 0 aliphatic carbocycles. The fraction of sp³-hybridized carbons (Fsp3) is 0.750.